The number of H-pyrrole nitrogens is 1. The molecule has 0 amide bonds. The van der Waals surface area contributed by atoms with Gasteiger partial charge in [0.15, 0.2) is 0 Å². The fourth-order valence-corrected chi connectivity index (χ4v) is 3.53. The number of nitrogens with zero attached hydrogens (tertiary/aromatic N) is 5. The van der Waals surface area contributed by atoms with Crippen molar-refractivity contribution < 1.29 is 0 Å². The van der Waals surface area contributed by atoms with Crippen molar-refractivity contribution in [3.8, 4) is 22.5 Å². The van der Waals surface area contributed by atoms with Crippen LogP contribution >= 0.6 is 0 Å². The fourth-order valence-electron chi connectivity index (χ4n) is 3.53. The van der Waals surface area contributed by atoms with Crippen LogP contribution in [0.25, 0.3) is 22.5 Å². The van der Waals surface area contributed by atoms with Crippen molar-refractivity contribution in [2.75, 3.05) is 0 Å². The zero-order chi connectivity index (χ0) is 21.1. The first-order chi connectivity index (χ1) is 14.6. The minimum atomic E-state index is -0.294. The van der Waals surface area contributed by atoms with Gasteiger partial charge < -0.3 is 0 Å². The summed E-state index contributed by atoms with van der Waals surface area (Å²) in [6.45, 7) is 2.44. The van der Waals surface area contributed by atoms with Crippen LogP contribution in [0.2, 0.25) is 0 Å². The van der Waals surface area contributed by atoms with Gasteiger partial charge in [-0.25, -0.2) is 4.79 Å². The zero-order valence-electron chi connectivity index (χ0n) is 16.9. The summed E-state index contributed by atoms with van der Waals surface area (Å²) < 4.78 is 2.82. The van der Waals surface area contributed by atoms with E-state index in [1.54, 1.807) is 10.6 Å². The van der Waals surface area contributed by atoms with Crippen molar-refractivity contribution in [2.45, 2.75) is 26.3 Å². The molecule has 0 atom stereocenters. The summed E-state index contributed by atoms with van der Waals surface area (Å²) in [6, 6.07) is 17.4. The molecular weight excluding hydrogens is 380 g/mol. The van der Waals surface area contributed by atoms with Gasteiger partial charge in [0.2, 0.25) is 5.82 Å². The molecule has 2 aromatic carbocycles. The second-order valence-electron chi connectivity index (χ2n) is 7.13. The van der Waals surface area contributed by atoms with Crippen LogP contribution in [0.15, 0.2) is 64.2 Å². The molecule has 30 heavy (non-hydrogen) atoms. The summed E-state index contributed by atoms with van der Waals surface area (Å²) >= 11 is 0. The third kappa shape index (κ3) is 3.71. The summed E-state index contributed by atoms with van der Waals surface area (Å²) in [4.78, 5) is 24.7. The van der Waals surface area contributed by atoms with Gasteiger partial charge in [0, 0.05) is 24.4 Å². The summed E-state index contributed by atoms with van der Waals surface area (Å²) in [5.74, 6) is 0.538. The lowest BCUT2D eigenvalue weighted by Crippen LogP contribution is -2.39. The van der Waals surface area contributed by atoms with Crippen molar-refractivity contribution in [2.24, 2.45) is 7.05 Å². The Kier molecular flexibility index (Phi) is 5.38. The van der Waals surface area contributed by atoms with E-state index in [-0.39, 0.29) is 11.2 Å². The standard InChI is InChI=1S/C22H22N6O2/c1-3-6-17-13-20(29)27(2)22(30)28(17)14-15-9-11-16(12-10-15)18-7-4-5-8-19(18)21-23-25-26-24-21/h4-5,7-13H,3,6,14H2,1-2H3,(H,23,24,25,26). The van der Waals surface area contributed by atoms with Crippen molar-refractivity contribution in [3.05, 3.63) is 86.7 Å². The molecule has 0 aliphatic carbocycles. The molecule has 2 heterocycles. The highest BCUT2D eigenvalue weighted by Gasteiger charge is 2.12. The van der Waals surface area contributed by atoms with E-state index in [2.05, 4.69) is 20.6 Å². The van der Waals surface area contributed by atoms with E-state index in [1.165, 1.54) is 7.05 Å². The Morgan fingerprint density at radius 2 is 1.73 bits per heavy atom. The van der Waals surface area contributed by atoms with Crippen LogP contribution < -0.4 is 11.2 Å². The Morgan fingerprint density at radius 3 is 2.40 bits per heavy atom. The van der Waals surface area contributed by atoms with Crippen molar-refractivity contribution >= 4 is 0 Å². The average molecular weight is 402 g/mol. The topological polar surface area (TPSA) is 98.5 Å². The predicted octanol–water partition coefficient (Wildman–Crippen LogP) is 2.39. The lowest BCUT2D eigenvalue weighted by atomic mass is 9.98. The number of hydrogen-bond acceptors (Lipinski definition) is 5. The van der Waals surface area contributed by atoms with Crippen molar-refractivity contribution in [1.82, 2.24) is 29.8 Å². The van der Waals surface area contributed by atoms with Crippen LogP contribution in [0.1, 0.15) is 24.6 Å². The van der Waals surface area contributed by atoms with Crippen molar-refractivity contribution in [1.29, 1.82) is 0 Å². The van der Waals surface area contributed by atoms with E-state index >= 15 is 0 Å². The Bertz CT molecular complexity index is 1270. The quantitative estimate of drug-likeness (QED) is 0.534. The largest absolute Gasteiger partial charge is 0.331 e. The number of tetrazole rings is 1. The lowest BCUT2D eigenvalue weighted by molar-refractivity contribution is 0.606. The normalized spacial score (nSPS) is 11.0. The highest BCUT2D eigenvalue weighted by atomic mass is 16.2. The average Bonchev–Trinajstić information content (AvgIpc) is 3.30. The van der Waals surface area contributed by atoms with Crippen LogP contribution in [0.4, 0.5) is 0 Å². The molecule has 2 aromatic heterocycles. The van der Waals surface area contributed by atoms with E-state index in [0.29, 0.717) is 18.8 Å². The lowest BCUT2D eigenvalue weighted by Gasteiger charge is -2.14. The molecule has 0 spiro atoms. The van der Waals surface area contributed by atoms with Gasteiger partial charge in [0.05, 0.1) is 6.54 Å². The Hall–Kier alpha value is -3.81. The molecule has 0 saturated carbocycles. The highest BCUT2D eigenvalue weighted by molar-refractivity contribution is 5.80. The summed E-state index contributed by atoms with van der Waals surface area (Å²) in [7, 11) is 1.51. The van der Waals surface area contributed by atoms with E-state index in [4.69, 9.17) is 0 Å². The van der Waals surface area contributed by atoms with E-state index in [1.807, 2.05) is 55.5 Å². The van der Waals surface area contributed by atoms with Crippen LogP contribution in [-0.2, 0) is 20.0 Å². The first-order valence-corrected chi connectivity index (χ1v) is 9.80. The van der Waals surface area contributed by atoms with Gasteiger partial charge in [-0.05, 0) is 28.3 Å². The van der Waals surface area contributed by atoms with Gasteiger partial charge in [-0.3, -0.25) is 13.9 Å². The third-order valence-corrected chi connectivity index (χ3v) is 5.11. The molecule has 8 heteroatoms. The van der Waals surface area contributed by atoms with Crippen molar-refractivity contribution in [3.63, 3.8) is 0 Å². The Labute approximate surface area is 172 Å². The fraction of sp³-hybridized carbons (Fsp3) is 0.227. The van der Waals surface area contributed by atoms with Gasteiger partial charge in [-0.15, -0.1) is 10.2 Å². The first kappa shape index (κ1) is 19.5. The minimum absolute atomic E-state index is 0.270. The molecule has 1 N–H and O–H groups in total. The summed E-state index contributed by atoms with van der Waals surface area (Å²) in [6.07, 6.45) is 1.54. The molecule has 0 aliphatic rings. The Balaban J connectivity index is 1.68. The van der Waals surface area contributed by atoms with Gasteiger partial charge in [0.25, 0.3) is 5.56 Å². The maximum atomic E-state index is 12.7. The second-order valence-corrected chi connectivity index (χ2v) is 7.13. The van der Waals surface area contributed by atoms with Crippen LogP contribution in [0.5, 0.6) is 0 Å². The van der Waals surface area contributed by atoms with E-state index in [0.717, 1.165) is 38.9 Å². The number of rotatable bonds is 6. The molecule has 4 rings (SSSR count). The molecule has 0 fully saturated rings. The smallest absolute Gasteiger partial charge is 0.293 e. The molecule has 0 bridgehead atoms. The Morgan fingerprint density at radius 1 is 1.00 bits per heavy atom. The van der Waals surface area contributed by atoms with Gasteiger partial charge in [-0.1, -0.05) is 61.9 Å². The van der Waals surface area contributed by atoms with Crippen LogP contribution in [-0.4, -0.2) is 29.8 Å². The van der Waals surface area contributed by atoms with Crippen LogP contribution in [0.3, 0.4) is 0 Å². The SMILES string of the molecule is CCCc1cc(=O)n(C)c(=O)n1Cc1ccc(-c2ccccc2-c2nn[nH]n2)cc1. The molecule has 4 aromatic rings. The summed E-state index contributed by atoms with van der Waals surface area (Å²) in [5.41, 5.74) is 4.08. The molecule has 152 valence electrons. The summed E-state index contributed by atoms with van der Waals surface area (Å²) in [5, 5.41) is 14.3. The predicted molar refractivity (Wildman–Crippen MR) is 114 cm³/mol. The monoisotopic (exact) mass is 402 g/mol. The maximum absolute atomic E-state index is 12.7. The first-order valence-electron chi connectivity index (χ1n) is 9.80. The van der Waals surface area contributed by atoms with Crippen LogP contribution in [0, 0.1) is 0 Å². The van der Waals surface area contributed by atoms with Gasteiger partial charge >= 0.3 is 5.69 Å². The molecule has 0 radical (unpaired) electrons. The van der Waals surface area contributed by atoms with Gasteiger partial charge in [0.1, 0.15) is 0 Å². The third-order valence-electron chi connectivity index (χ3n) is 5.11. The number of aryl methyl sites for hydroxylation is 1. The zero-order valence-corrected chi connectivity index (χ0v) is 16.9. The highest BCUT2D eigenvalue weighted by Crippen LogP contribution is 2.29. The molecule has 0 saturated heterocycles. The molecular formula is C22H22N6O2. The minimum Gasteiger partial charge on any atom is -0.293 e. The van der Waals surface area contributed by atoms with E-state index < -0.39 is 0 Å². The van der Waals surface area contributed by atoms with Gasteiger partial charge in [-0.2, -0.15) is 5.21 Å². The number of aromatic nitrogens is 6. The molecule has 0 aliphatic heterocycles. The molecule has 0 unspecified atom stereocenters. The number of nitrogens with one attached hydrogen (secondary N) is 1. The number of aromatic amines is 1. The maximum Gasteiger partial charge on any atom is 0.331 e. The number of hydrogen-bond donors (Lipinski definition) is 1. The van der Waals surface area contributed by atoms with E-state index in [9.17, 15) is 9.59 Å². The molecule has 8 nitrogen and oxygen atoms in total. The second kappa shape index (κ2) is 8.28. The number of benzene rings is 2.